The van der Waals surface area contributed by atoms with Gasteiger partial charge in [0.05, 0.1) is 13.1 Å². The zero-order valence-electron chi connectivity index (χ0n) is 16.1. The second-order valence-corrected chi connectivity index (χ2v) is 7.47. The third kappa shape index (κ3) is 4.93. The minimum atomic E-state index is -0.112. The summed E-state index contributed by atoms with van der Waals surface area (Å²) in [5.41, 5.74) is 3.39. The smallest absolute Gasteiger partial charge is 0.244 e. The molecule has 0 aliphatic carbocycles. The number of hydrogen-bond donors (Lipinski definition) is 2. The van der Waals surface area contributed by atoms with Crippen LogP contribution in [0.1, 0.15) is 36.0 Å². The van der Waals surface area contributed by atoms with Crippen LogP contribution in [-0.4, -0.2) is 25.8 Å². The zero-order chi connectivity index (χ0) is 19.2. The molecule has 1 amide bonds. The van der Waals surface area contributed by atoms with Gasteiger partial charge < -0.3 is 19.7 Å². The summed E-state index contributed by atoms with van der Waals surface area (Å²) in [7, 11) is 0. The molecular formula is C23H27N2O3+. The number of carbonyl (C=O) groups excluding carboxylic acids is 1. The first-order chi connectivity index (χ1) is 13.8. The lowest BCUT2D eigenvalue weighted by atomic mass is 10.1. The number of rotatable bonds is 6. The molecule has 1 fully saturated rings. The fraction of sp³-hybridized carbons (Fsp3) is 0.348. The second-order valence-electron chi connectivity index (χ2n) is 7.47. The van der Waals surface area contributed by atoms with E-state index in [0.717, 1.165) is 23.4 Å². The Balaban J connectivity index is 1.25. The van der Waals surface area contributed by atoms with E-state index >= 15 is 0 Å². The van der Waals surface area contributed by atoms with E-state index in [4.69, 9.17) is 9.47 Å². The van der Waals surface area contributed by atoms with Crippen molar-refractivity contribution in [3.05, 3.63) is 65.2 Å². The van der Waals surface area contributed by atoms with Crippen molar-refractivity contribution in [3.8, 4) is 11.5 Å². The van der Waals surface area contributed by atoms with Gasteiger partial charge in [0.25, 0.3) is 0 Å². The maximum Gasteiger partial charge on any atom is 0.244 e. The van der Waals surface area contributed by atoms with Crippen molar-refractivity contribution < 1.29 is 19.2 Å². The molecule has 2 aromatic rings. The normalized spacial score (nSPS) is 16.4. The Labute approximate surface area is 165 Å². The molecule has 2 N–H and O–H groups in total. The predicted octanol–water partition coefficient (Wildman–Crippen LogP) is 2.31. The predicted molar refractivity (Wildman–Crippen MR) is 108 cm³/mol. The average molecular weight is 379 g/mol. The fourth-order valence-corrected chi connectivity index (χ4v) is 3.73. The van der Waals surface area contributed by atoms with E-state index < -0.39 is 0 Å². The maximum absolute atomic E-state index is 12.1. The summed E-state index contributed by atoms with van der Waals surface area (Å²) in [4.78, 5) is 13.8. The van der Waals surface area contributed by atoms with Crippen LogP contribution in [0.5, 0.6) is 11.5 Å². The van der Waals surface area contributed by atoms with Crippen molar-refractivity contribution >= 4 is 12.0 Å². The molecule has 0 aromatic heterocycles. The van der Waals surface area contributed by atoms with Crippen molar-refractivity contribution in [1.29, 1.82) is 0 Å². The lowest BCUT2D eigenvalue weighted by Gasteiger charge is -2.23. The van der Waals surface area contributed by atoms with Gasteiger partial charge >= 0.3 is 0 Å². The van der Waals surface area contributed by atoms with Gasteiger partial charge in [0.15, 0.2) is 11.5 Å². The van der Waals surface area contributed by atoms with Gasteiger partial charge in [-0.05, 0) is 48.6 Å². The fourth-order valence-electron chi connectivity index (χ4n) is 3.73. The summed E-state index contributed by atoms with van der Waals surface area (Å²) in [5, 5.41) is 2.94. The molecule has 0 saturated carbocycles. The number of hydrogen-bond acceptors (Lipinski definition) is 3. The molecule has 146 valence electrons. The minimum absolute atomic E-state index is 0.112. The molecule has 2 heterocycles. The first kappa shape index (κ1) is 18.6. The van der Waals surface area contributed by atoms with Crippen molar-refractivity contribution in [1.82, 2.24) is 5.32 Å². The van der Waals surface area contributed by atoms with E-state index in [1.807, 2.05) is 18.2 Å². The minimum Gasteiger partial charge on any atom is -0.454 e. The van der Waals surface area contributed by atoms with Gasteiger partial charge in [-0.15, -0.1) is 0 Å². The summed E-state index contributed by atoms with van der Waals surface area (Å²) >= 11 is 0. The molecule has 0 unspecified atom stereocenters. The molecule has 0 bridgehead atoms. The number of quaternary nitrogens is 1. The molecule has 2 aromatic carbocycles. The molecule has 5 nitrogen and oxygen atoms in total. The van der Waals surface area contributed by atoms with E-state index in [1.165, 1.54) is 37.9 Å². The zero-order valence-corrected chi connectivity index (χ0v) is 16.1. The third-order valence-electron chi connectivity index (χ3n) is 5.33. The first-order valence-electron chi connectivity index (χ1n) is 10.0. The number of ether oxygens (including phenoxy) is 2. The van der Waals surface area contributed by atoms with Crippen LogP contribution in [0.2, 0.25) is 0 Å². The van der Waals surface area contributed by atoms with Crippen molar-refractivity contribution in [2.24, 2.45) is 0 Å². The lowest BCUT2D eigenvalue weighted by molar-refractivity contribution is -0.918. The molecule has 1 saturated heterocycles. The van der Waals surface area contributed by atoms with Gasteiger partial charge in [0, 0.05) is 18.2 Å². The quantitative estimate of drug-likeness (QED) is 0.758. The highest BCUT2D eigenvalue weighted by molar-refractivity contribution is 5.91. The number of nitrogens with one attached hydrogen (secondary N) is 2. The molecule has 0 radical (unpaired) electrons. The number of amides is 1. The van der Waals surface area contributed by atoms with Gasteiger partial charge in [0.1, 0.15) is 6.54 Å². The highest BCUT2D eigenvalue weighted by Gasteiger charge is 2.14. The van der Waals surface area contributed by atoms with Crippen LogP contribution in [0.4, 0.5) is 0 Å². The van der Waals surface area contributed by atoms with E-state index in [-0.39, 0.29) is 12.7 Å². The van der Waals surface area contributed by atoms with Crippen molar-refractivity contribution in [2.75, 3.05) is 19.9 Å². The van der Waals surface area contributed by atoms with E-state index in [1.54, 1.807) is 17.1 Å². The highest BCUT2D eigenvalue weighted by Crippen LogP contribution is 2.32. The lowest BCUT2D eigenvalue weighted by Crippen LogP contribution is -3.11. The van der Waals surface area contributed by atoms with Crippen LogP contribution in [0, 0.1) is 0 Å². The molecule has 4 rings (SSSR count). The number of fused-ring (bicyclic) bond motifs is 1. The van der Waals surface area contributed by atoms with Gasteiger partial charge in [-0.1, -0.05) is 30.3 Å². The summed E-state index contributed by atoms with van der Waals surface area (Å²) < 4.78 is 10.6. The number of piperidine rings is 1. The monoisotopic (exact) mass is 379 g/mol. The second kappa shape index (κ2) is 8.93. The van der Waals surface area contributed by atoms with Crippen LogP contribution in [-0.2, 0) is 17.9 Å². The van der Waals surface area contributed by atoms with E-state index in [2.05, 4.69) is 29.6 Å². The molecule has 2 aliphatic rings. The Bertz CT molecular complexity index is 839. The standard InChI is InChI=1S/C23H26N2O3/c26-23(11-9-18-8-10-21-22(14-18)28-17-27-21)24-15-19-4-6-20(7-5-19)16-25-12-2-1-3-13-25/h4-11,14H,1-3,12-13,15-17H2,(H,24,26)/p+1/b11-9+. The summed E-state index contributed by atoms with van der Waals surface area (Å²) in [6, 6.07) is 14.2. The highest BCUT2D eigenvalue weighted by atomic mass is 16.7. The molecule has 5 heteroatoms. The third-order valence-corrected chi connectivity index (χ3v) is 5.33. The van der Waals surface area contributed by atoms with Gasteiger partial charge in [-0.25, -0.2) is 0 Å². The number of benzene rings is 2. The van der Waals surface area contributed by atoms with Gasteiger partial charge in [-0.3, -0.25) is 4.79 Å². The summed E-state index contributed by atoms with van der Waals surface area (Å²) in [6.07, 6.45) is 7.40. The summed E-state index contributed by atoms with van der Waals surface area (Å²) in [5.74, 6) is 1.35. The van der Waals surface area contributed by atoms with E-state index in [9.17, 15) is 4.79 Å². The summed E-state index contributed by atoms with van der Waals surface area (Å²) in [6.45, 7) is 4.45. The van der Waals surface area contributed by atoms with Crippen molar-refractivity contribution in [2.45, 2.75) is 32.4 Å². The molecule has 0 atom stereocenters. The van der Waals surface area contributed by atoms with Crippen LogP contribution in [0.15, 0.2) is 48.5 Å². The van der Waals surface area contributed by atoms with Crippen molar-refractivity contribution in [3.63, 3.8) is 0 Å². The van der Waals surface area contributed by atoms with Crippen LogP contribution in [0.25, 0.3) is 6.08 Å². The Morgan fingerprint density at radius 2 is 1.71 bits per heavy atom. The first-order valence-corrected chi connectivity index (χ1v) is 10.0. The maximum atomic E-state index is 12.1. The Kier molecular flexibility index (Phi) is 5.92. The van der Waals surface area contributed by atoms with Crippen LogP contribution >= 0.6 is 0 Å². The topological polar surface area (TPSA) is 52.0 Å². The molecule has 0 spiro atoms. The van der Waals surface area contributed by atoms with Gasteiger partial charge in [0.2, 0.25) is 12.7 Å². The van der Waals surface area contributed by atoms with Crippen LogP contribution < -0.4 is 19.7 Å². The Morgan fingerprint density at radius 1 is 0.964 bits per heavy atom. The number of carbonyl (C=O) groups is 1. The van der Waals surface area contributed by atoms with E-state index in [0.29, 0.717) is 12.3 Å². The molecule has 2 aliphatic heterocycles. The Hall–Kier alpha value is -2.79. The average Bonchev–Trinajstić information content (AvgIpc) is 3.20. The SMILES string of the molecule is O=C(/C=C/c1ccc2c(c1)OCO2)NCc1ccc(C[NH+]2CCCCC2)cc1. The Morgan fingerprint density at radius 3 is 2.54 bits per heavy atom. The number of likely N-dealkylation sites (tertiary alicyclic amines) is 1. The van der Waals surface area contributed by atoms with Gasteiger partial charge in [-0.2, -0.15) is 0 Å². The largest absolute Gasteiger partial charge is 0.454 e. The molecular weight excluding hydrogens is 352 g/mol. The molecule has 28 heavy (non-hydrogen) atoms. The van der Waals surface area contributed by atoms with Crippen LogP contribution in [0.3, 0.4) is 0 Å².